The predicted molar refractivity (Wildman–Crippen MR) is 127 cm³/mol. The summed E-state index contributed by atoms with van der Waals surface area (Å²) >= 11 is 0. The average molecular weight is 396 g/mol. The monoisotopic (exact) mass is 395 g/mol. The van der Waals surface area contributed by atoms with Gasteiger partial charge in [0, 0.05) is 40.2 Å². The summed E-state index contributed by atoms with van der Waals surface area (Å²) in [7, 11) is 0. The van der Waals surface area contributed by atoms with Gasteiger partial charge >= 0.3 is 0 Å². The van der Waals surface area contributed by atoms with Crippen LogP contribution in [0.15, 0.2) is 54.4 Å². The van der Waals surface area contributed by atoms with Gasteiger partial charge in [-0.05, 0) is 57.6 Å². The summed E-state index contributed by atoms with van der Waals surface area (Å²) in [5.41, 5.74) is 10.7. The maximum atomic E-state index is 5.08. The molecular formula is C27H29N3. The minimum Gasteiger partial charge on any atom is -0.337 e. The number of anilines is 1. The highest BCUT2D eigenvalue weighted by Crippen LogP contribution is 2.48. The van der Waals surface area contributed by atoms with Crippen molar-refractivity contribution in [3.63, 3.8) is 0 Å². The van der Waals surface area contributed by atoms with Crippen molar-refractivity contribution in [2.24, 2.45) is 0 Å². The van der Waals surface area contributed by atoms with E-state index in [0.717, 1.165) is 38.5 Å². The van der Waals surface area contributed by atoms with E-state index < -0.39 is 0 Å². The van der Waals surface area contributed by atoms with E-state index in [9.17, 15) is 0 Å². The molecule has 1 aliphatic heterocycles. The van der Waals surface area contributed by atoms with E-state index in [1.165, 1.54) is 44.9 Å². The number of hydrogen-bond acceptors (Lipinski definition) is 2. The fourth-order valence-corrected chi connectivity index (χ4v) is 5.69. The van der Waals surface area contributed by atoms with Crippen LogP contribution < -0.4 is 4.90 Å². The molecule has 3 aliphatic carbocycles. The summed E-state index contributed by atoms with van der Waals surface area (Å²) in [5, 5.41) is 0. The largest absolute Gasteiger partial charge is 0.337 e. The van der Waals surface area contributed by atoms with Gasteiger partial charge in [-0.2, -0.15) is 0 Å². The van der Waals surface area contributed by atoms with Gasteiger partial charge in [0.25, 0.3) is 0 Å². The second kappa shape index (κ2) is 6.87. The van der Waals surface area contributed by atoms with Crippen LogP contribution >= 0.6 is 0 Å². The van der Waals surface area contributed by atoms with Crippen LogP contribution in [0.2, 0.25) is 0 Å². The molecule has 4 aliphatic rings. The van der Waals surface area contributed by atoms with Gasteiger partial charge in [0.1, 0.15) is 0 Å². The molecule has 0 saturated carbocycles. The standard InChI is InChI=1S/C27H29N3/c1-18-19(2)29(20-11-5-3-6-12-20)24-17-28-26-22-15-9-10-16-23(22)30(27(26)25(18)24)21-13-7-4-8-14-21/h5,7,9,11-15,17-19H,3-4,6,8,10,16H2,1-2H3. The number of hydrogen-bond donors (Lipinski definition) is 0. The molecule has 3 heteroatoms. The van der Waals surface area contributed by atoms with Gasteiger partial charge < -0.3 is 9.47 Å². The molecule has 30 heavy (non-hydrogen) atoms. The predicted octanol–water partition coefficient (Wildman–Crippen LogP) is 6.73. The lowest BCUT2D eigenvalue weighted by molar-refractivity contribution is 0.630. The van der Waals surface area contributed by atoms with Gasteiger partial charge in [-0.15, -0.1) is 0 Å². The van der Waals surface area contributed by atoms with E-state index in [2.05, 4.69) is 78.1 Å². The second-order valence-corrected chi connectivity index (χ2v) is 9.01. The van der Waals surface area contributed by atoms with Crippen molar-refractivity contribution < 1.29 is 0 Å². The second-order valence-electron chi connectivity index (χ2n) is 9.01. The molecule has 2 aromatic rings. The maximum Gasteiger partial charge on any atom is 0.0964 e. The average Bonchev–Trinajstić information content (AvgIpc) is 3.27. The molecule has 0 fully saturated rings. The maximum absolute atomic E-state index is 5.08. The molecule has 2 atom stereocenters. The van der Waals surface area contributed by atoms with E-state index in [0.29, 0.717) is 12.0 Å². The molecule has 3 nitrogen and oxygen atoms in total. The third-order valence-corrected chi connectivity index (χ3v) is 7.30. The summed E-state index contributed by atoms with van der Waals surface area (Å²) in [6, 6.07) is 0.424. The zero-order valence-corrected chi connectivity index (χ0v) is 17.9. The number of rotatable bonds is 2. The topological polar surface area (TPSA) is 21.1 Å². The van der Waals surface area contributed by atoms with Crippen molar-refractivity contribution in [2.75, 3.05) is 4.90 Å². The lowest BCUT2D eigenvalue weighted by atomic mass is 9.97. The Kier molecular flexibility index (Phi) is 4.12. The molecule has 2 aromatic heterocycles. The van der Waals surface area contributed by atoms with E-state index in [-0.39, 0.29) is 0 Å². The summed E-state index contributed by atoms with van der Waals surface area (Å²) in [5.74, 6) is 0.453. The first-order valence-electron chi connectivity index (χ1n) is 11.5. The van der Waals surface area contributed by atoms with Crippen LogP contribution in [0.5, 0.6) is 0 Å². The number of fused-ring (bicyclic) bond motifs is 5. The minimum atomic E-state index is 0.424. The van der Waals surface area contributed by atoms with E-state index in [1.54, 1.807) is 0 Å². The summed E-state index contributed by atoms with van der Waals surface area (Å²) in [6.07, 6.45) is 27.5. The summed E-state index contributed by atoms with van der Waals surface area (Å²) < 4.78 is 2.55. The van der Waals surface area contributed by atoms with Crippen molar-refractivity contribution in [3.05, 3.63) is 71.2 Å². The Bertz CT molecular complexity index is 1180. The fraction of sp³-hybridized carbons (Fsp3) is 0.370. The van der Waals surface area contributed by atoms with Crippen molar-refractivity contribution in [1.29, 1.82) is 0 Å². The SMILES string of the molecule is CC1c2c(cnc3c4c(n(C5=CCCC=C5)c23)CCC=C4)N(C2=CCCC=C2)C1C. The van der Waals surface area contributed by atoms with Crippen LogP contribution in [0.25, 0.3) is 22.8 Å². The summed E-state index contributed by atoms with van der Waals surface area (Å²) in [4.78, 5) is 7.61. The minimum absolute atomic E-state index is 0.424. The van der Waals surface area contributed by atoms with Crippen molar-refractivity contribution in [3.8, 4) is 0 Å². The first kappa shape index (κ1) is 18.0. The van der Waals surface area contributed by atoms with Crippen molar-refractivity contribution in [2.45, 2.75) is 64.3 Å². The molecule has 0 radical (unpaired) electrons. The van der Waals surface area contributed by atoms with Crippen molar-refractivity contribution in [1.82, 2.24) is 9.55 Å². The van der Waals surface area contributed by atoms with Gasteiger partial charge in [0.05, 0.1) is 22.9 Å². The molecule has 0 saturated heterocycles. The fourth-order valence-electron chi connectivity index (χ4n) is 5.69. The van der Waals surface area contributed by atoms with Crippen LogP contribution in [0.1, 0.15) is 68.7 Å². The lowest BCUT2D eigenvalue weighted by Gasteiger charge is -2.28. The molecule has 0 aromatic carbocycles. The van der Waals surface area contributed by atoms with Crippen LogP contribution in [0, 0.1) is 0 Å². The molecule has 2 unspecified atom stereocenters. The van der Waals surface area contributed by atoms with Gasteiger partial charge in [-0.1, -0.05) is 43.4 Å². The smallest absolute Gasteiger partial charge is 0.0964 e. The molecule has 0 N–H and O–H groups in total. The Morgan fingerprint density at radius 3 is 2.33 bits per heavy atom. The molecule has 3 heterocycles. The number of nitrogens with zero attached hydrogens (tertiary/aromatic N) is 3. The third-order valence-electron chi connectivity index (χ3n) is 7.30. The molecule has 0 amide bonds. The highest BCUT2D eigenvalue weighted by atomic mass is 15.2. The zero-order chi connectivity index (χ0) is 20.2. The van der Waals surface area contributed by atoms with E-state index in [1.807, 2.05) is 0 Å². The zero-order valence-electron chi connectivity index (χ0n) is 17.9. The molecule has 0 bridgehead atoms. The van der Waals surface area contributed by atoms with Gasteiger partial charge in [0.2, 0.25) is 0 Å². The molecule has 152 valence electrons. The Morgan fingerprint density at radius 1 is 0.867 bits per heavy atom. The normalized spacial score (nSPS) is 24.8. The highest BCUT2D eigenvalue weighted by Gasteiger charge is 2.38. The Balaban J connectivity index is 1.66. The van der Waals surface area contributed by atoms with Gasteiger partial charge in [-0.25, -0.2) is 0 Å². The van der Waals surface area contributed by atoms with E-state index in [4.69, 9.17) is 4.98 Å². The molecule has 0 spiro atoms. The number of allylic oxidation sites excluding steroid dienone is 8. The Labute approximate surface area is 178 Å². The van der Waals surface area contributed by atoms with Crippen molar-refractivity contribution >= 4 is 28.5 Å². The van der Waals surface area contributed by atoms with Gasteiger partial charge in [-0.3, -0.25) is 4.98 Å². The first-order chi connectivity index (χ1) is 14.8. The Hall–Kier alpha value is -2.81. The summed E-state index contributed by atoms with van der Waals surface area (Å²) in [6.45, 7) is 4.76. The van der Waals surface area contributed by atoms with E-state index >= 15 is 0 Å². The molecule has 6 rings (SSSR count). The lowest BCUT2D eigenvalue weighted by Crippen LogP contribution is -2.29. The molecular weight excluding hydrogens is 366 g/mol. The van der Waals surface area contributed by atoms with Gasteiger partial charge in [0.15, 0.2) is 0 Å². The first-order valence-corrected chi connectivity index (χ1v) is 11.5. The number of pyridine rings is 1. The van der Waals surface area contributed by atoms with Crippen LogP contribution in [0.4, 0.5) is 5.69 Å². The Morgan fingerprint density at radius 2 is 1.60 bits per heavy atom. The van der Waals surface area contributed by atoms with Crippen LogP contribution in [-0.4, -0.2) is 15.6 Å². The number of aromatic nitrogens is 2. The highest BCUT2D eigenvalue weighted by molar-refractivity contribution is 5.98. The van der Waals surface area contributed by atoms with Crippen LogP contribution in [-0.2, 0) is 6.42 Å². The third kappa shape index (κ3) is 2.47. The quantitative estimate of drug-likeness (QED) is 0.562. The van der Waals surface area contributed by atoms with Crippen LogP contribution in [0.3, 0.4) is 0 Å².